The molecule has 2 aromatic rings. The third kappa shape index (κ3) is 2.93. The SMILES string of the molecule is COc1ccc(C(C)(C)C)cc1C1(O)CN(C2CC2)Cc2ccccc21. The Balaban J connectivity index is 1.89. The number of β-amino-alcohol motifs (C(OH)–C–C–N with tert-alkyl or cyclic N) is 1. The number of aliphatic hydroxyl groups is 1. The summed E-state index contributed by atoms with van der Waals surface area (Å²) in [6.07, 6.45) is 2.47. The van der Waals surface area contributed by atoms with Gasteiger partial charge in [-0.05, 0) is 47.1 Å². The van der Waals surface area contributed by atoms with Crippen molar-refractivity contribution in [3.63, 3.8) is 0 Å². The molecule has 1 heterocycles. The van der Waals surface area contributed by atoms with Crippen molar-refractivity contribution in [3.05, 3.63) is 64.7 Å². The molecule has 1 unspecified atom stereocenters. The zero-order chi connectivity index (χ0) is 18.5. The number of benzene rings is 2. The van der Waals surface area contributed by atoms with Crippen LogP contribution >= 0.6 is 0 Å². The summed E-state index contributed by atoms with van der Waals surface area (Å²) in [7, 11) is 1.69. The molecule has 1 aliphatic carbocycles. The highest BCUT2D eigenvalue weighted by molar-refractivity contribution is 5.51. The minimum Gasteiger partial charge on any atom is -0.496 e. The summed E-state index contributed by atoms with van der Waals surface area (Å²) >= 11 is 0. The van der Waals surface area contributed by atoms with Crippen LogP contribution in [0.4, 0.5) is 0 Å². The van der Waals surface area contributed by atoms with E-state index in [9.17, 15) is 5.11 Å². The van der Waals surface area contributed by atoms with Gasteiger partial charge in [0.15, 0.2) is 0 Å². The molecule has 1 fully saturated rings. The van der Waals surface area contributed by atoms with Crippen LogP contribution < -0.4 is 4.74 Å². The van der Waals surface area contributed by atoms with E-state index in [2.05, 4.69) is 56.0 Å². The number of methoxy groups -OCH3 is 1. The lowest BCUT2D eigenvalue weighted by Gasteiger charge is -2.42. The average molecular weight is 351 g/mol. The van der Waals surface area contributed by atoms with Gasteiger partial charge in [0.05, 0.1) is 7.11 Å². The van der Waals surface area contributed by atoms with Crippen LogP contribution in [0.3, 0.4) is 0 Å². The van der Waals surface area contributed by atoms with Crippen LogP contribution in [0.1, 0.15) is 55.9 Å². The van der Waals surface area contributed by atoms with E-state index in [4.69, 9.17) is 4.74 Å². The van der Waals surface area contributed by atoms with Gasteiger partial charge >= 0.3 is 0 Å². The lowest BCUT2D eigenvalue weighted by molar-refractivity contribution is 0.0134. The lowest BCUT2D eigenvalue weighted by Crippen LogP contribution is -2.47. The molecule has 0 amide bonds. The Kier molecular flexibility index (Phi) is 4.13. The van der Waals surface area contributed by atoms with Crippen LogP contribution in [0, 0.1) is 0 Å². The van der Waals surface area contributed by atoms with Crippen molar-refractivity contribution >= 4 is 0 Å². The average Bonchev–Trinajstić information content (AvgIpc) is 3.45. The maximum atomic E-state index is 12.0. The summed E-state index contributed by atoms with van der Waals surface area (Å²) in [5, 5.41) is 12.0. The van der Waals surface area contributed by atoms with Crippen LogP contribution in [0.2, 0.25) is 0 Å². The Morgan fingerprint density at radius 2 is 1.81 bits per heavy atom. The van der Waals surface area contributed by atoms with Gasteiger partial charge in [-0.3, -0.25) is 4.90 Å². The number of rotatable bonds is 3. The Bertz CT molecular complexity index is 819. The molecule has 1 N–H and O–H groups in total. The Labute approximate surface area is 156 Å². The minimum atomic E-state index is -1.05. The lowest BCUT2D eigenvalue weighted by atomic mass is 9.77. The quantitative estimate of drug-likeness (QED) is 0.899. The monoisotopic (exact) mass is 351 g/mol. The predicted octanol–water partition coefficient (Wildman–Crippen LogP) is 4.21. The molecule has 3 heteroatoms. The number of nitrogens with zero attached hydrogens (tertiary/aromatic N) is 1. The van der Waals surface area contributed by atoms with Gasteiger partial charge in [0.25, 0.3) is 0 Å². The van der Waals surface area contributed by atoms with Gasteiger partial charge in [0.2, 0.25) is 0 Å². The first-order valence-electron chi connectivity index (χ1n) is 9.57. The second-order valence-corrected chi connectivity index (χ2v) is 8.82. The normalized spacial score (nSPS) is 23.6. The number of hydrogen-bond donors (Lipinski definition) is 1. The molecule has 4 rings (SSSR count). The molecule has 0 radical (unpaired) electrons. The smallest absolute Gasteiger partial charge is 0.131 e. The molecule has 0 saturated heterocycles. The maximum absolute atomic E-state index is 12.0. The molecule has 26 heavy (non-hydrogen) atoms. The molecule has 2 aromatic carbocycles. The van der Waals surface area contributed by atoms with E-state index in [1.54, 1.807) is 7.11 Å². The van der Waals surface area contributed by atoms with Gasteiger partial charge in [0.1, 0.15) is 11.4 Å². The van der Waals surface area contributed by atoms with Crippen LogP contribution in [-0.2, 0) is 17.6 Å². The fraction of sp³-hybridized carbons (Fsp3) is 0.478. The van der Waals surface area contributed by atoms with E-state index in [1.165, 1.54) is 24.0 Å². The zero-order valence-electron chi connectivity index (χ0n) is 16.2. The first kappa shape index (κ1) is 17.6. The molecule has 1 saturated carbocycles. The number of ether oxygens (including phenoxy) is 1. The van der Waals surface area contributed by atoms with Crippen molar-refractivity contribution in [3.8, 4) is 5.75 Å². The van der Waals surface area contributed by atoms with E-state index >= 15 is 0 Å². The molecular weight excluding hydrogens is 322 g/mol. The van der Waals surface area contributed by atoms with E-state index in [0.717, 1.165) is 23.4 Å². The highest BCUT2D eigenvalue weighted by Crippen LogP contribution is 2.45. The van der Waals surface area contributed by atoms with E-state index < -0.39 is 5.60 Å². The van der Waals surface area contributed by atoms with Crippen molar-refractivity contribution in [2.24, 2.45) is 0 Å². The molecule has 0 spiro atoms. The summed E-state index contributed by atoms with van der Waals surface area (Å²) < 4.78 is 5.68. The van der Waals surface area contributed by atoms with Crippen LogP contribution in [-0.4, -0.2) is 29.7 Å². The zero-order valence-corrected chi connectivity index (χ0v) is 16.2. The summed E-state index contributed by atoms with van der Waals surface area (Å²) in [4.78, 5) is 2.44. The topological polar surface area (TPSA) is 32.7 Å². The predicted molar refractivity (Wildman–Crippen MR) is 105 cm³/mol. The molecule has 0 aromatic heterocycles. The number of hydrogen-bond acceptors (Lipinski definition) is 3. The van der Waals surface area contributed by atoms with Crippen LogP contribution in [0.15, 0.2) is 42.5 Å². The second-order valence-electron chi connectivity index (χ2n) is 8.82. The standard InChI is InChI=1S/C23H29NO2/c1-22(2,3)17-9-12-21(26-4)20(13-17)23(25)15-24(18-10-11-18)14-16-7-5-6-8-19(16)23/h5-9,12-13,18,25H,10-11,14-15H2,1-4H3. The van der Waals surface area contributed by atoms with Gasteiger partial charge in [-0.25, -0.2) is 0 Å². The molecule has 3 nitrogen and oxygen atoms in total. The van der Waals surface area contributed by atoms with Gasteiger partial charge < -0.3 is 9.84 Å². The molecule has 1 aliphatic heterocycles. The summed E-state index contributed by atoms with van der Waals surface area (Å²) in [5.74, 6) is 0.757. The van der Waals surface area contributed by atoms with Crippen LogP contribution in [0.25, 0.3) is 0 Å². The molecule has 0 bridgehead atoms. The third-order valence-corrected chi connectivity index (χ3v) is 5.84. The molecular formula is C23H29NO2. The van der Waals surface area contributed by atoms with Crippen molar-refractivity contribution in [1.82, 2.24) is 4.90 Å². The van der Waals surface area contributed by atoms with Gasteiger partial charge in [-0.1, -0.05) is 51.1 Å². The summed E-state index contributed by atoms with van der Waals surface area (Å²) in [5.41, 5.74) is 3.29. The molecule has 138 valence electrons. The Morgan fingerprint density at radius 1 is 1.08 bits per heavy atom. The third-order valence-electron chi connectivity index (χ3n) is 5.84. The fourth-order valence-corrected chi connectivity index (χ4v) is 4.14. The van der Waals surface area contributed by atoms with Crippen molar-refractivity contribution in [2.45, 2.75) is 57.2 Å². The first-order chi connectivity index (χ1) is 12.3. The van der Waals surface area contributed by atoms with E-state index in [-0.39, 0.29) is 5.41 Å². The van der Waals surface area contributed by atoms with Crippen molar-refractivity contribution in [1.29, 1.82) is 0 Å². The molecule has 1 atom stereocenters. The van der Waals surface area contributed by atoms with Crippen molar-refractivity contribution in [2.75, 3.05) is 13.7 Å². The second kappa shape index (κ2) is 6.11. The highest BCUT2D eigenvalue weighted by Gasteiger charge is 2.45. The van der Waals surface area contributed by atoms with E-state index in [0.29, 0.717) is 12.6 Å². The maximum Gasteiger partial charge on any atom is 0.131 e. The van der Waals surface area contributed by atoms with Gasteiger partial charge in [-0.15, -0.1) is 0 Å². The largest absolute Gasteiger partial charge is 0.496 e. The summed E-state index contributed by atoms with van der Waals surface area (Å²) in [6, 6.07) is 15.2. The Morgan fingerprint density at radius 3 is 2.46 bits per heavy atom. The fourth-order valence-electron chi connectivity index (χ4n) is 4.14. The number of fused-ring (bicyclic) bond motifs is 1. The van der Waals surface area contributed by atoms with Crippen molar-refractivity contribution < 1.29 is 9.84 Å². The van der Waals surface area contributed by atoms with Gasteiger partial charge in [-0.2, -0.15) is 0 Å². The van der Waals surface area contributed by atoms with Crippen LogP contribution in [0.5, 0.6) is 5.75 Å². The Hall–Kier alpha value is -1.84. The first-order valence-corrected chi connectivity index (χ1v) is 9.57. The van der Waals surface area contributed by atoms with Gasteiger partial charge in [0, 0.05) is 24.7 Å². The summed E-state index contributed by atoms with van der Waals surface area (Å²) in [6.45, 7) is 8.15. The highest BCUT2D eigenvalue weighted by atomic mass is 16.5. The molecule has 2 aliphatic rings. The minimum absolute atomic E-state index is 0.0156. The van der Waals surface area contributed by atoms with E-state index in [1.807, 2.05) is 12.1 Å².